The van der Waals surface area contributed by atoms with Crippen molar-refractivity contribution in [3.05, 3.63) is 64.6 Å². The summed E-state index contributed by atoms with van der Waals surface area (Å²) in [5, 5.41) is 0.144. The van der Waals surface area contributed by atoms with Crippen molar-refractivity contribution in [1.82, 2.24) is 9.55 Å². The van der Waals surface area contributed by atoms with Crippen molar-refractivity contribution in [1.29, 1.82) is 0 Å². The first-order valence-electron chi connectivity index (χ1n) is 7.24. The summed E-state index contributed by atoms with van der Waals surface area (Å²) in [6.45, 7) is 0.214. The van der Waals surface area contributed by atoms with E-state index in [2.05, 4.69) is 9.72 Å². The number of rotatable bonds is 4. The van der Waals surface area contributed by atoms with Crippen LogP contribution in [0.3, 0.4) is 0 Å². The normalized spacial score (nSPS) is 11.5. The van der Waals surface area contributed by atoms with Crippen LogP contribution in [0.5, 0.6) is 11.6 Å². The van der Waals surface area contributed by atoms with E-state index in [0.717, 1.165) is 5.56 Å². The zero-order valence-electron chi connectivity index (χ0n) is 13.1. The van der Waals surface area contributed by atoms with Crippen molar-refractivity contribution in [3.8, 4) is 11.6 Å². The number of hydrogen-bond donors (Lipinski definition) is 0. The van der Waals surface area contributed by atoms with E-state index in [-0.39, 0.29) is 22.9 Å². The predicted molar refractivity (Wildman–Crippen MR) is 84.8 cm³/mol. The Morgan fingerprint density at radius 3 is 2.60 bits per heavy atom. The number of alkyl halides is 3. The zero-order chi connectivity index (χ0) is 18.0. The number of hydrogen-bond acceptors (Lipinski definition) is 4. The lowest BCUT2D eigenvalue weighted by atomic mass is 10.1. The van der Waals surface area contributed by atoms with Crippen molar-refractivity contribution >= 4 is 10.9 Å². The SMILES string of the molecule is COc1ccc(Cn2ccc(=O)c3cccc(OC(F)(F)F)c32)cn1. The lowest BCUT2D eigenvalue weighted by Gasteiger charge is -2.16. The molecule has 0 aliphatic rings. The largest absolute Gasteiger partial charge is 0.573 e. The Hall–Kier alpha value is -3.03. The van der Waals surface area contributed by atoms with Crippen LogP contribution in [0.15, 0.2) is 53.6 Å². The minimum atomic E-state index is -4.85. The first-order chi connectivity index (χ1) is 11.9. The molecule has 1 aromatic carbocycles. The number of para-hydroxylation sites is 1. The van der Waals surface area contributed by atoms with Crippen molar-refractivity contribution in [2.45, 2.75) is 12.9 Å². The first-order valence-corrected chi connectivity index (χ1v) is 7.24. The summed E-state index contributed by atoms with van der Waals surface area (Å²) in [6, 6.07) is 8.68. The highest BCUT2D eigenvalue weighted by atomic mass is 19.4. The molecule has 0 N–H and O–H groups in total. The molecule has 0 fully saturated rings. The lowest BCUT2D eigenvalue weighted by Crippen LogP contribution is -2.19. The van der Waals surface area contributed by atoms with Crippen LogP contribution in [-0.2, 0) is 6.54 Å². The van der Waals surface area contributed by atoms with Gasteiger partial charge in [-0.05, 0) is 17.7 Å². The van der Waals surface area contributed by atoms with Crippen LogP contribution in [0.25, 0.3) is 10.9 Å². The first kappa shape index (κ1) is 16.8. The average Bonchev–Trinajstić information content (AvgIpc) is 2.57. The van der Waals surface area contributed by atoms with Crippen LogP contribution in [0, 0.1) is 0 Å². The number of nitrogens with zero attached hydrogens (tertiary/aromatic N) is 2. The fourth-order valence-electron chi connectivity index (χ4n) is 2.50. The summed E-state index contributed by atoms with van der Waals surface area (Å²) in [5.41, 5.74) is 0.419. The Morgan fingerprint density at radius 2 is 1.96 bits per heavy atom. The molecule has 0 aliphatic carbocycles. The van der Waals surface area contributed by atoms with Gasteiger partial charge in [0, 0.05) is 36.5 Å². The smallest absolute Gasteiger partial charge is 0.481 e. The standard InChI is InChI=1S/C17H13F3N2O3/c1-24-15-6-5-11(9-21-15)10-22-8-7-13(23)12-3-2-4-14(16(12)22)25-17(18,19)20/h2-9H,10H2,1H3. The van der Waals surface area contributed by atoms with Gasteiger partial charge in [-0.3, -0.25) is 4.79 Å². The van der Waals surface area contributed by atoms with Gasteiger partial charge in [0.15, 0.2) is 11.2 Å². The quantitative estimate of drug-likeness (QED) is 0.724. The number of fused-ring (bicyclic) bond motifs is 1. The minimum absolute atomic E-state index is 0.0724. The maximum atomic E-state index is 12.7. The van der Waals surface area contributed by atoms with E-state index >= 15 is 0 Å². The molecule has 0 atom stereocenters. The monoisotopic (exact) mass is 350 g/mol. The van der Waals surface area contributed by atoms with Gasteiger partial charge in [0.2, 0.25) is 5.88 Å². The molecule has 5 nitrogen and oxygen atoms in total. The van der Waals surface area contributed by atoms with Gasteiger partial charge >= 0.3 is 6.36 Å². The molecule has 0 saturated heterocycles. The van der Waals surface area contributed by atoms with Crippen LogP contribution >= 0.6 is 0 Å². The van der Waals surface area contributed by atoms with Gasteiger partial charge in [0.05, 0.1) is 12.6 Å². The Kier molecular flexibility index (Phi) is 4.35. The number of halogens is 3. The van der Waals surface area contributed by atoms with Crippen LogP contribution in [-0.4, -0.2) is 23.0 Å². The third-order valence-corrected chi connectivity index (χ3v) is 3.54. The Balaban J connectivity index is 2.10. The molecule has 0 spiro atoms. The minimum Gasteiger partial charge on any atom is -0.481 e. The van der Waals surface area contributed by atoms with Crippen molar-refractivity contribution in [3.63, 3.8) is 0 Å². The van der Waals surface area contributed by atoms with Crippen LogP contribution in [0.4, 0.5) is 13.2 Å². The van der Waals surface area contributed by atoms with Crippen LogP contribution in [0.1, 0.15) is 5.56 Å². The maximum Gasteiger partial charge on any atom is 0.573 e. The second-order valence-electron chi connectivity index (χ2n) is 5.22. The molecule has 130 valence electrons. The van der Waals surface area contributed by atoms with E-state index in [1.54, 1.807) is 18.3 Å². The Morgan fingerprint density at radius 1 is 1.16 bits per heavy atom. The molecule has 0 saturated carbocycles. The summed E-state index contributed by atoms with van der Waals surface area (Å²) in [7, 11) is 1.48. The topological polar surface area (TPSA) is 53.4 Å². The summed E-state index contributed by atoms with van der Waals surface area (Å²) in [6.07, 6.45) is -1.87. The average molecular weight is 350 g/mol. The summed E-state index contributed by atoms with van der Waals surface area (Å²) >= 11 is 0. The van der Waals surface area contributed by atoms with Crippen LogP contribution in [0.2, 0.25) is 0 Å². The fraction of sp³-hybridized carbons (Fsp3) is 0.176. The van der Waals surface area contributed by atoms with Gasteiger partial charge in [-0.1, -0.05) is 12.1 Å². The molecule has 0 amide bonds. The summed E-state index contributed by atoms with van der Waals surface area (Å²) in [5.74, 6) is -0.00113. The lowest BCUT2D eigenvalue weighted by molar-refractivity contribution is -0.274. The predicted octanol–water partition coefficient (Wildman–Crippen LogP) is 3.35. The molecular formula is C17H13F3N2O3. The number of benzene rings is 1. The number of pyridine rings is 2. The molecule has 2 heterocycles. The van der Waals surface area contributed by atoms with Gasteiger partial charge in [-0.2, -0.15) is 0 Å². The van der Waals surface area contributed by atoms with E-state index in [1.165, 1.54) is 42.1 Å². The van der Waals surface area contributed by atoms with E-state index in [0.29, 0.717) is 5.88 Å². The number of ether oxygens (including phenoxy) is 2. The molecular weight excluding hydrogens is 337 g/mol. The van der Waals surface area contributed by atoms with Crippen molar-refractivity contribution in [2.24, 2.45) is 0 Å². The molecule has 3 rings (SSSR count). The van der Waals surface area contributed by atoms with Gasteiger partial charge in [0.25, 0.3) is 0 Å². The van der Waals surface area contributed by atoms with E-state index in [9.17, 15) is 18.0 Å². The van der Waals surface area contributed by atoms with Gasteiger partial charge in [-0.15, -0.1) is 13.2 Å². The molecule has 2 aromatic heterocycles. The second kappa shape index (κ2) is 6.46. The van der Waals surface area contributed by atoms with Gasteiger partial charge < -0.3 is 14.0 Å². The van der Waals surface area contributed by atoms with E-state index in [4.69, 9.17) is 4.74 Å². The van der Waals surface area contributed by atoms with Crippen LogP contribution < -0.4 is 14.9 Å². The number of aromatic nitrogens is 2. The molecule has 25 heavy (non-hydrogen) atoms. The van der Waals surface area contributed by atoms with Crippen molar-refractivity contribution in [2.75, 3.05) is 7.11 Å². The molecule has 0 bridgehead atoms. The Labute approximate surface area is 140 Å². The molecule has 0 radical (unpaired) electrons. The van der Waals surface area contributed by atoms with E-state index < -0.39 is 12.1 Å². The third kappa shape index (κ3) is 3.73. The second-order valence-corrected chi connectivity index (χ2v) is 5.22. The highest BCUT2D eigenvalue weighted by molar-refractivity contribution is 5.85. The van der Waals surface area contributed by atoms with Crippen molar-refractivity contribution < 1.29 is 22.6 Å². The number of methoxy groups -OCH3 is 1. The van der Waals surface area contributed by atoms with E-state index in [1.807, 2.05) is 0 Å². The highest BCUT2D eigenvalue weighted by Crippen LogP contribution is 2.29. The summed E-state index contributed by atoms with van der Waals surface area (Å²) in [4.78, 5) is 16.1. The summed E-state index contributed by atoms with van der Waals surface area (Å²) < 4.78 is 48.6. The third-order valence-electron chi connectivity index (χ3n) is 3.54. The maximum absolute atomic E-state index is 12.7. The zero-order valence-corrected chi connectivity index (χ0v) is 13.1. The highest BCUT2D eigenvalue weighted by Gasteiger charge is 2.32. The van der Waals surface area contributed by atoms with Gasteiger partial charge in [-0.25, -0.2) is 4.98 Å². The molecule has 0 unspecified atom stereocenters. The Bertz CT molecular complexity index is 950. The van der Waals surface area contributed by atoms with Gasteiger partial charge in [0.1, 0.15) is 0 Å². The molecule has 3 aromatic rings. The molecule has 0 aliphatic heterocycles. The fourth-order valence-corrected chi connectivity index (χ4v) is 2.50. The molecule has 8 heteroatoms.